The standard InChI is InChI=1S/C28H29Cl3O5/c1-18-25(33-15-19-3-9-22(29)10-4-19)26(34-16-20-5-11-23(30)12-6-20)27(28(32-2)36-18)35-17-21-7-13-24(31)14-8-21/h3-14,18,25-28H,15-17H2,1-2H3/t18-,25+,26+,27-,28+/m0/s1. The first kappa shape index (κ1) is 27.4. The van der Waals surface area contributed by atoms with E-state index in [-0.39, 0.29) is 6.10 Å². The van der Waals surface area contributed by atoms with Crippen molar-refractivity contribution in [3.63, 3.8) is 0 Å². The fourth-order valence-electron chi connectivity index (χ4n) is 4.08. The fraction of sp³-hybridized carbons (Fsp3) is 0.357. The zero-order chi connectivity index (χ0) is 25.5. The zero-order valence-electron chi connectivity index (χ0n) is 20.1. The summed E-state index contributed by atoms with van der Waals surface area (Å²) in [5, 5.41) is 2.02. The van der Waals surface area contributed by atoms with Gasteiger partial charge in [-0.05, 0) is 60.0 Å². The maximum Gasteiger partial charge on any atom is 0.186 e. The van der Waals surface area contributed by atoms with E-state index in [9.17, 15) is 0 Å². The van der Waals surface area contributed by atoms with Gasteiger partial charge in [-0.1, -0.05) is 71.2 Å². The summed E-state index contributed by atoms with van der Waals surface area (Å²) in [5.74, 6) is 0. The van der Waals surface area contributed by atoms with Crippen LogP contribution in [0, 0.1) is 0 Å². The fourth-order valence-corrected chi connectivity index (χ4v) is 4.46. The third-order valence-corrected chi connectivity index (χ3v) is 6.78. The molecule has 1 saturated heterocycles. The van der Waals surface area contributed by atoms with Gasteiger partial charge in [0.1, 0.15) is 18.3 Å². The Kier molecular flexibility index (Phi) is 10.1. The Morgan fingerprint density at radius 3 is 1.33 bits per heavy atom. The highest BCUT2D eigenvalue weighted by atomic mass is 35.5. The van der Waals surface area contributed by atoms with Gasteiger partial charge in [0.15, 0.2) is 6.29 Å². The highest BCUT2D eigenvalue weighted by molar-refractivity contribution is 6.31. The van der Waals surface area contributed by atoms with Crippen molar-refractivity contribution in [3.05, 3.63) is 105 Å². The molecule has 0 saturated carbocycles. The van der Waals surface area contributed by atoms with Crippen molar-refractivity contribution in [2.24, 2.45) is 0 Å². The normalized spacial score (nSPS) is 24.1. The summed E-state index contributed by atoms with van der Waals surface area (Å²) >= 11 is 18.1. The lowest BCUT2D eigenvalue weighted by Gasteiger charge is -2.44. The van der Waals surface area contributed by atoms with Crippen molar-refractivity contribution >= 4 is 34.8 Å². The molecule has 5 nitrogen and oxygen atoms in total. The Bertz CT molecular complexity index is 1080. The van der Waals surface area contributed by atoms with E-state index in [1.54, 1.807) is 7.11 Å². The molecule has 36 heavy (non-hydrogen) atoms. The van der Waals surface area contributed by atoms with Gasteiger partial charge in [0, 0.05) is 22.2 Å². The van der Waals surface area contributed by atoms with Crippen LogP contribution >= 0.6 is 34.8 Å². The number of halogens is 3. The third-order valence-electron chi connectivity index (χ3n) is 6.03. The summed E-state index contributed by atoms with van der Waals surface area (Å²) in [6.45, 7) is 3.02. The minimum Gasteiger partial charge on any atom is -0.368 e. The van der Waals surface area contributed by atoms with E-state index < -0.39 is 24.6 Å². The minimum atomic E-state index is -0.627. The van der Waals surface area contributed by atoms with Gasteiger partial charge in [-0.15, -0.1) is 0 Å². The van der Waals surface area contributed by atoms with Crippen molar-refractivity contribution < 1.29 is 23.7 Å². The Labute approximate surface area is 227 Å². The van der Waals surface area contributed by atoms with Crippen LogP contribution < -0.4 is 0 Å². The number of hydrogen-bond acceptors (Lipinski definition) is 5. The molecule has 4 rings (SSSR count). The van der Waals surface area contributed by atoms with E-state index in [0.29, 0.717) is 34.9 Å². The van der Waals surface area contributed by atoms with Gasteiger partial charge in [-0.25, -0.2) is 0 Å². The van der Waals surface area contributed by atoms with Gasteiger partial charge in [-0.3, -0.25) is 0 Å². The van der Waals surface area contributed by atoms with Crippen LogP contribution in [0.4, 0.5) is 0 Å². The molecule has 0 radical (unpaired) electrons. The number of hydrogen-bond donors (Lipinski definition) is 0. The predicted octanol–water partition coefficient (Wildman–Crippen LogP) is 7.09. The molecule has 0 unspecified atom stereocenters. The Morgan fingerprint density at radius 1 is 0.583 bits per heavy atom. The Balaban J connectivity index is 1.54. The van der Waals surface area contributed by atoms with Crippen LogP contribution in [0.1, 0.15) is 23.6 Å². The molecule has 1 aliphatic rings. The topological polar surface area (TPSA) is 46.2 Å². The lowest BCUT2D eigenvalue weighted by Crippen LogP contribution is -2.59. The largest absolute Gasteiger partial charge is 0.368 e. The summed E-state index contributed by atoms with van der Waals surface area (Å²) in [5.41, 5.74) is 2.96. The Morgan fingerprint density at radius 2 is 0.944 bits per heavy atom. The van der Waals surface area contributed by atoms with E-state index >= 15 is 0 Å². The summed E-state index contributed by atoms with van der Waals surface area (Å²) < 4.78 is 31.0. The molecular formula is C28H29Cl3O5. The van der Waals surface area contributed by atoms with Gasteiger partial charge >= 0.3 is 0 Å². The van der Waals surface area contributed by atoms with E-state index in [1.807, 2.05) is 79.7 Å². The first-order chi connectivity index (χ1) is 17.4. The molecule has 0 aromatic heterocycles. The van der Waals surface area contributed by atoms with Crippen LogP contribution in [0.3, 0.4) is 0 Å². The lowest BCUT2D eigenvalue weighted by molar-refractivity contribution is -0.314. The van der Waals surface area contributed by atoms with Gasteiger partial charge in [0.05, 0.1) is 25.9 Å². The summed E-state index contributed by atoms with van der Waals surface area (Å²) in [6, 6.07) is 22.6. The highest BCUT2D eigenvalue weighted by Gasteiger charge is 2.47. The zero-order valence-corrected chi connectivity index (χ0v) is 22.4. The molecule has 192 valence electrons. The predicted molar refractivity (Wildman–Crippen MR) is 141 cm³/mol. The molecule has 0 aliphatic carbocycles. The second-order valence-electron chi connectivity index (χ2n) is 8.65. The van der Waals surface area contributed by atoms with Crippen LogP contribution in [0.5, 0.6) is 0 Å². The summed E-state index contributed by atoms with van der Waals surface area (Å²) in [7, 11) is 1.60. The van der Waals surface area contributed by atoms with E-state index in [1.165, 1.54) is 0 Å². The van der Waals surface area contributed by atoms with Gasteiger partial charge < -0.3 is 23.7 Å². The first-order valence-electron chi connectivity index (χ1n) is 11.7. The lowest BCUT2D eigenvalue weighted by atomic mass is 9.98. The van der Waals surface area contributed by atoms with Crippen molar-refractivity contribution in [2.75, 3.05) is 7.11 Å². The highest BCUT2D eigenvalue weighted by Crippen LogP contribution is 2.31. The second-order valence-corrected chi connectivity index (χ2v) is 9.96. The molecule has 1 heterocycles. The number of methoxy groups -OCH3 is 1. The first-order valence-corrected chi connectivity index (χ1v) is 12.8. The smallest absolute Gasteiger partial charge is 0.186 e. The van der Waals surface area contributed by atoms with Crippen LogP contribution in [0.25, 0.3) is 0 Å². The Hall–Kier alpha value is -1.67. The van der Waals surface area contributed by atoms with Crippen LogP contribution in [0.15, 0.2) is 72.8 Å². The monoisotopic (exact) mass is 550 g/mol. The molecule has 0 bridgehead atoms. The molecular weight excluding hydrogens is 523 g/mol. The summed E-state index contributed by atoms with van der Waals surface area (Å²) in [4.78, 5) is 0. The van der Waals surface area contributed by atoms with Crippen molar-refractivity contribution in [3.8, 4) is 0 Å². The van der Waals surface area contributed by atoms with Crippen LogP contribution in [-0.2, 0) is 43.5 Å². The molecule has 1 fully saturated rings. The molecule has 3 aromatic rings. The quantitative estimate of drug-likeness (QED) is 0.269. The molecule has 3 aromatic carbocycles. The molecule has 5 atom stereocenters. The van der Waals surface area contributed by atoms with Crippen molar-refractivity contribution in [1.82, 2.24) is 0 Å². The number of ether oxygens (including phenoxy) is 5. The molecule has 8 heteroatoms. The average Bonchev–Trinajstić information content (AvgIpc) is 2.88. The van der Waals surface area contributed by atoms with Crippen LogP contribution in [-0.4, -0.2) is 37.8 Å². The van der Waals surface area contributed by atoms with E-state index in [0.717, 1.165) is 16.7 Å². The van der Waals surface area contributed by atoms with Gasteiger partial charge in [0.25, 0.3) is 0 Å². The molecule has 0 spiro atoms. The maximum absolute atomic E-state index is 6.46. The van der Waals surface area contributed by atoms with Crippen molar-refractivity contribution in [2.45, 2.75) is 57.5 Å². The second kappa shape index (κ2) is 13.2. The molecule has 1 aliphatic heterocycles. The van der Waals surface area contributed by atoms with Gasteiger partial charge in [0.2, 0.25) is 0 Å². The van der Waals surface area contributed by atoms with E-state index in [2.05, 4.69) is 0 Å². The van der Waals surface area contributed by atoms with E-state index in [4.69, 9.17) is 58.5 Å². The SMILES string of the molecule is CO[C@@H]1O[C@@H](C)[C@@H](OCc2ccc(Cl)cc2)[C@@H](OCc2ccc(Cl)cc2)[C@@H]1OCc1ccc(Cl)cc1. The van der Waals surface area contributed by atoms with Crippen LogP contribution in [0.2, 0.25) is 15.1 Å². The molecule has 0 N–H and O–H groups in total. The average molecular weight is 552 g/mol. The summed E-state index contributed by atoms with van der Waals surface area (Å²) in [6.07, 6.45) is -2.33. The van der Waals surface area contributed by atoms with Crippen molar-refractivity contribution in [1.29, 1.82) is 0 Å². The third kappa shape index (κ3) is 7.44. The molecule has 0 amide bonds. The number of benzene rings is 3. The number of rotatable bonds is 10. The van der Waals surface area contributed by atoms with Gasteiger partial charge in [-0.2, -0.15) is 0 Å². The maximum atomic E-state index is 6.46. The minimum absolute atomic E-state index is 0.298.